The number of ether oxygens (including phenoxy) is 1. The molecule has 17 heavy (non-hydrogen) atoms. The van der Waals surface area contributed by atoms with Crippen molar-refractivity contribution in [1.29, 1.82) is 0 Å². The summed E-state index contributed by atoms with van der Waals surface area (Å²) in [5, 5.41) is 10.3. The molecule has 2 aliphatic heterocycles. The number of hydrogen-bond acceptors (Lipinski definition) is 3. The highest BCUT2D eigenvalue weighted by Gasteiger charge is 2.41. The van der Waals surface area contributed by atoms with E-state index in [4.69, 9.17) is 4.74 Å². The van der Waals surface area contributed by atoms with Crippen LogP contribution in [0.5, 0.6) is 5.75 Å². The third kappa shape index (κ3) is 2.23. The van der Waals surface area contributed by atoms with Gasteiger partial charge in [0.05, 0.1) is 6.10 Å². The van der Waals surface area contributed by atoms with E-state index < -0.39 is 6.10 Å². The van der Waals surface area contributed by atoms with Crippen LogP contribution in [0.3, 0.4) is 0 Å². The fourth-order valence-electron chi connectivity index (χ4n) is 2.68. The minimum absolute atomic E-state index is 0.136. The third-order valence-electron chi connectivity index (χ3n) is 3.51. The number of benzene rings is 1. The molecule has 0 amide bonds. The molecule has 1 aromatic rings. The molecule has 0 saturated carbocycles. The van der Waals surface area contributed by atoms with Crippen molar-refractivity contribution in [2.45, 2.75) is 31.0 Å². The minimum atomic E-state index is -0.394. The van der Waals surface area contributed by atoms with E-state index in [1.54, 1.807) is 0 Å². The zero-order valence-corrected chi connectivity index (χ0v) is 11.9. The number of rotatable bonds is 0. The molecule has 4 heteroatoms. The first-order valence-corrected chi connectivity index (χ1v) is 7.88. The van der Waals surface area contributed by atoms with E-state index in [-0.39, 0.29) is 5.60 Å². The summed E-state index contributed by atoms with van der Waals surface area (Å²) >= 11 is 5.37. The van der Waals surface area contributed by atoms with Gasteiger partial charge in [0.25, 0.3) is 0 Å². The Kier molecular flexibility index (Phi) is 3.13. The van der Waals surface area contributed by atoms with Crippen LogP contribution in [0.2, 0.25) is 0 Å². The van der Waals surface area contributed by atoms with Crippen LogP contribution in [0.25, 0.3) is 0 Å². The Morgan fingerprint density at radius 1 is 1.47 bits per heavy atom. The van der Waals surface area contributed by atoms with Crippen LogP contribution >= 0.6 is 27.7 Å². The van der Waals surface area contributed by atoms with Crippen LogP contribution in [0.4, 0.5) is 0 Å². The summed E-state index contributed by atoms with van der Waals surface area (Å²) in [5.74, 6) is 3.07. The van der Waals surface area contributed by atoms with Gasteiger partial charge in [-0.15, -0.1) is 0 Å². The summed E-state index contributed by atoms with van der Waals surface area (Å²) in [6.45, 7) is 0. The Labute approximate surface area is 114 Å². The number of aliphatic hydroxyl groups is 1. The second kappa shape index (κ2) is 4.48. The van der Waals surface area contributed by atoms with Crippen molar-refractivity contribution in [1.82, 2.24) is 0 Å². The van der Waals surface area contributed by atoms with Crippen LogP contribution in [-0.2, 0) is 0 Å². The van der Waals surface area contributed by atoms with Gasteiger partial charge in [-0.25, -0.2) is 0 Å². The smallest absolute Gasteiger partial charge is 0.126 e. The maximum atomic E-state index is 10.3. The van der Waals surface area contributed by atoms with Crippen molar-refractivity contribution < 1.29 is 9.84 Å². The zero-order chi connectivity index (χ0) is 11.9. The number of fused-ring (bicyclic) bond motifs is 1. The molecule has 2 aliphatic rings. The fraction of sp³-hybridized carbons (Fsp3) is 0.538. The molecule has 1 aromatic carbocycles. The molecule has 3 rings (SSSR count). The van der Waals surface area contributed by atoms with E-state index in [1.165, 1.54) is 12.2 Å². The van der Waals surface area contributed by atoms with Gasteiger partial charge in [-0.3, -0.25) is 0 Å². The summed E-state index contributed by atoms with van der Waals surface area (Å²) in [5.41, 5.74) is 0.781. The summed E-state index contributed by atoms with van der Waals surface area (Å²) in [6, 6.07) is 5.90. The molecule has 1 spiro atoms. The molecule has 1 saturated heterocycles. The Bertz CT molecular complexity index is 429. The summed E-state index contributed by atoms with van der Waals surface area (Å²) in [6.07, 6.45) is 2.58. The van der Waals surface area contributed by atoms with Crippen molar-refractivity contribution >= 4 is 27.7 Å². The van der Waals surface area contributed by atoms with Crippen molar-refractivity contribution in [2.24, 2.45) is 0 Å². The molecule has 2 atom stereocenters. The van der Waals surface area contributed by atoms with Crippen LogP contribution in [0, 0.1) is 0 Å². The normalized spacial score (nSPS) is 32.0. The second-order valence-electron chi connectivity index (χ2n) is 4.84. The highest BCUT2D eigenvalue weighted by atomic mass is 79.9. The average molecular weight is 315 g/mol. The van der Waals surface area contributed by atoms with Gasteiger partial charge in [0.15, 0.2) is 0 Å². The zero-order valence-electron chi connectivity index (χ0n) is 9.49. The number of aliphatic hydroxyl groups excluding tert-OH is 1. The van der Waals surface area contributed by atoms with E-state index in [1.807, 2.05) is 30.0 Å². The van der Waals surface area contributed by atoms with E-state index in [0.717, 1.165) is 34.4 Å². The lowest BCUT2D eigenvalue weighted by atomic mass is 9.86. The largest absolute Gasteiger partial charge is 0.486 e. The average Bonchev–Trinajstić information content (AvgIpc) is 2.31. The highest BCUT2D eigenvalue weighted by molar-refractivity contribution is 9.10. The lowest BCUT2D eigenvalue weighted by Crippen LogP contribution is -2.45. The lowest BCUT2D eigenvalue weighted by Gasteiger charge is -2.42. The van der Waals surface area contributed by atoms with Crippen molar-refractivity contribution in [2.75, 3.05) is 11.5 Å². The van der Waals surface area contributed by atoms with Gasteiger partial charge in [0.1, 0.15) is 11.4 Å². The van der Waals surface area contributed by atoms with Gasteiger partial charge in [-0.2, -0.15) is 11.8 Å². The quantitative estimate of drug-likeness (QED) is 0.794. The van der Waals surface area contributed by atoms with E-state index in [9.17, 15) is 5.11 Å². The first kappa shape index (κ1) is 11.9. The summed E-state index contributed by atoms with van der Waals surface area (Å²) < 4.78 is 7.18. The first-order chi connectivity index (χ1) is 8.19. The number of halogens is 1. The molecule has 92 valence electrons. The minimum Gasteiger partial charge on any atom is -0.486 e. The highest BCUT2D eigenvalue weighted by Crippen LogP contribution is 2.45. The predicted molar refractivity (Wildman–Crippen MR) is 73.6 cm³/mol. The first-order valence-electron chi connectivity index (χ1n) is 5.93. The van der Waals surface area contributed by atoms with Gasteiger partial charge in [-0.1, -0.05) is 15.9 Å². The summed E-state index contributed by atoms with van der Waals surface area (Å²) in [7, 11) is 0. The Hall–Kier alpha value is -0.190. The van der Waals surface area contributed by atoms with E-state index >= 15 is 0 Å². The van der Waals surface area contributed by atoms with Crippen molar-refractivity contribution in [3.05, 3.63) is 28.2 Å². The molecule has 2 heterocycles. The molecule has 2 nitrogen and oxygen atoms in total. The monoisotopic (exact) mass is 314 g/mol. The second-order valence-corrected chi connectivity index (χ2v) is 6.86. The molecule has 0 radical (unpaired) electrons. The topological polar surface area (TPSA) is 29.5 Å². The van der Waals surface area contributed by atoms with Crippen LogP contribution in [0.1, 0.15) is 30.9 Å². The SMILES string of the molecule is O[C@@H]1CC2(CCCSC2)Oc2ccc(Br)cc21. The van der Waals surface area contributed by atoms with E-state index in [0.29, 0.717) is 0 Å². The van der Waals surface area contributed by atoms with Crippen LogP contribution in [0.15, 0.2) is 22.7 Å². The molecule has 0 aromatic heterocycles. The van der Waals surface area contributed by atoms with Crippen LogP contribution < -0.4 is 4.74 Å². The molecule has 1 N–H and O–H groups in total. The summed E-state index contributed by atoms with van der Waals surface area (Å²) in [4.78, 5) is 0. The number of hydrogen-bond donors (Lipinski definition) is 1. The molecule has 1 unspecified atom stereocenters. The maximum Gasteiger partial charge on any atom is 0.126 e. The van der Waals surface area contributed by atoms with Crippen molar-refractivity contribution in [3.63, 3.8) is 0 Å². The molecule has 0 aliphatic carbocycles. The van der Waals surface area contributed by atoms with E-state index in [2.05, 4.69) is 15.9 Å². The van der Waals surface area contributed by atoms with Gasteiger partial charge in [0, 0.05) is 22.2 Å². The Morgan fingerprint density at radius 2 is 2.35 bits per heavy atom. The Balaban J connectivity index is 1.94. The predicted octanol–water partition coefficient (Wildman–Crippen LogP) is 3.53. The van der Waals surface area contributed by atoms with Gasteiger partial charge in [-0.05, 0) is 36.8 Å². The van der Waals surface area contributed by atoms with Gasteiger partial charge >= 0.3 is 0 Å². The van der Waals surface area contributed by atoms with Crippen molar-refractivity contribution in [3.8, 4) is 5.75 Å². The number of thioether (sulfide) groups is 1. The fourth-order valence-corrected chi connectivity index (χ4v) is 4.24. The third-order valence-corrected chi connectivity index (χ3v) is 5.31. The maximum absolute atomic E-state index is 10.3. The van der Waals surface area contributed by atoms with Crippen LogP contribution in [-0.4, -0.2) is 22.2 Å². The molecular weight excluding hydrogens is 300 g/mol. The Morgan fingerprint density at radius 3 is 3.12 bits per heavy atom. The van der Waals surface area contributed by atoms with Gasteiger partial charge < -0.3 is 9.84 Å². The molecule has 1 fully saturated rings. The standard InChI is InChI=1S/C13H15BrO2S/c14-9-2-3-12-10(6-9)11(15)7-13(16-12)4-1-5-17-8-13/h2-3,6,11,15H,1,4-5,7-8H2/t11-,13?/m1/s1. The van der Waals surface area contributed by atoms with Gasteiger partial charge in [0.2, 0.25) is 0 Å². The lowest BCUT2D eigenvalue weighted by molar-refractivity contribution is -0.00557. The molecule has 0 bridgehead atoms. The molecular formula is C13H15BrO2S.